The van der Waals surface area contributed by atoms with Crippen LogP contribution < -0.4 is 9.62 Å². The van der Waals surface area contributed by atoms with Crippen molar-refractivity contribution in [2.45, 2.75) is 58.2 Å². The highest BCUT2D eigenvalue weighted by Crippen LogP contribution is 2.22. The third-order valence-electron chi connectivity index (χ3n) is 6.91. The van der Waals surface area contributed by atoms with Crippen LogP contribution in [0.3, 0.4) is 0 Å². The van der Waals surface area contributed by atoms with Gasteiger partial charge < -0.3 is 10.2 Å². The van der Waals surface area contributed by atoms with Gasteiger partial charge in [-0.05, 0) is 43.5 Å². The number of carbonyl (C=O) groups is 2. The molecule has 0 unspecified atom stereocenters. The fourth-order valence-corrected chi connectivity index (χ4v) is 5.41. The van der Waals surface area contributed by atoms with Crippen molar-refractivity contribution in [1.82, 2.24) is 10.2 Å². The van der Waals surface area contributed by atoms with Crippen molar-refractivity contribution in [1.29, 1.82) is 0 Å². The number of hydrogen-bond donors (Lipinski definition) is 1. The van der Waals surface area contributed by atoms with Gasteiger partial charge in [0.15, 0.2) is 11.6 Å². The second-order valence-corrected chi connectivity index (χ2v) is 12.1. The Morgan fingerprint density at radius 3 is 2.19 bits per heavy atom. The van der Waals surface area contributed by atoms with Gasteiger partial charge in [-0.1, -0.05) is 55.5 Å². The first-order valence-electron chi connectivity index (χ1n) is 13.7. The predicted molar refractivity (Wildman–Crippen MR) is 157 cm³/mol. The number of anilines is 1. The normalized spacial score (nSPS) is 12.8. The van der Waals surface area contributed by atoms with E-state index in [9.17, 15) is 31.2 Å². The summed E-state index contributed by atoms with van der Waals surface area (Å²) in [4.78, 5) is 28.6. The van der Waals surface area contributed by atoms with E-state index in [0.717, 1.165) is 34.3 Å². The standard InChI is InChI=1S/C31H36F3N3O4S/c1-4-22(2)35-31(39)29(19-23-11-6-5-7-12-23)36(21-24-13-8-9-14-26(24)32)30(38)15-10-18-37(42(3,40)41)25-16-17-27(33)28(34)20-25/h5-9,11-14,16-17,20,22,29H,4,10,15,18-19,21H2,1-3H3,(H,35,39)/t22-,29-/m1/s1. The molecule has 0 saturated carbocycles. The molecule has 3 aromatic rings. The fraction of sp³-hybridized carbons (Fsp3) is 0.355. The number of carbonyl (C=O) groups excluding carboxylic acids is 2. The number of sulfonamides is 1. The minimum Gasteiger partial charge on any atom is -0.352 e. The van der Waals surface area contributed by atoms with E-state index in [2.05, 4.69) is 5.32 Å². The largest absolute Gasteiger partial charge is 0.352 e. The van der Waals surface area contributed by atoms with E-state index in [1.807, 2.05) is 44.2 Å². The molecule has 3 rings (SSSR count). The van der Waals surface area contributed by atoms with Gasteiger partial charge in [-0.2, -0.15) is 0 Å². The summed E-state index contributed by atoms with van der Waals surface area (Å²) in [6.45, 7) is 3.37. The van der Waals surface area contributed by atoms with E-state index < -0.39 is 45.3 Å². The van der Waals surface area contributed by atoms with Crippen LogP contribution in [0.5, 0.6) is 0 Å². The maximum Gasteiger partial charge on any atom is 0.243 e. The van der Waals surface area contributed by atoms with Crippen LogP contribution in [-0.4, -0.2) is 50.0 Å². The number of amides is 2. The Balaban J connectivity index is 1.91. The zero-order valence-electron chi connectivity index (χ0n) is 23.9. The number of nitrogens with zero attached hydrogens (tertiary/aromatic N) is 2. The third kappa shape index (κ3) is 9.07. The molecule has 0 aliphatic rings. The van der Waals surface area contributed by atoms with Crippen molar-refractivity contribution in [3.8, 4) is 0 Å². The van der Waals surface area contributed by atoms with Crippen LogP contribution in [0, 0.1) is 17.5 Å². The summed E-state index contributed by atoms with van der Waals surface area (Å²) in [5, 5.41) is 2.93. The summed E-state index contributed by atoms with van der Waals surface area (Å²) < 4.78 is 67.9. The summed E-state index contributed by atoms with van der Waals surface area (Å²) in [6, 6.07) is 16.7. The highest BCUT2D eigenvalue weighted by atomic mass is 32.2. The molecule has 1 N–H and O–H groups in total. The Hall–Kier alpha value is -3.86. The Morgan fingerprint density at radius 1 is 0.905 bits per heavy atom. The molecule has 2 atom stereocenters. The first-order valence-corrected chi connectivity index (χ1v) is 15.6. The topological polar surface area (TPSA) is 86.8 Å². The first-order chi connectivity index (χ1) is 19.9. The van der Waals surface area contributed by atoms with Gasteiger partial charge in [0.25, 0.3) is 0 Å². The highest BCUT2D eigenvalue weighted by molar-refractivity contribution is 7.92. The van der Waals surface area contributed by atoms with Crippen LogP contribution in [0.15, 0.2) is 72.8 Å². The van der Waals surface area contributed by atoms with Gasteiger partial charge in [0.1, 0.15) is 11.9 Å². The summed E-state index contributed by atoms with van der Waals surface area (Å²) in [7, 11) is -3.90. The second-order valence-electron chi connectivity index (χ2n) is 10.2. The van der Waals surface area contributed by atoms with Crippen molar-refractivity contribution < 1.29 is 31.2 Å². The smallest absolute Gasteiger partial charge is 0.243 e. The van der Waals surface area contributed by atoms with Crippen LogP contribution in [0.25, 0.3) is 0 Å². The van der Waals surface area contributed by atoms with Crippen molar-refractivity contribution >= 4 is 27.5 Å². The molecule has 0 saturated heterocycles. The fourth-order valence-electron chi connectivity index (χ4n) is 4.45. The number of benzene rings is 3. The Labute approximate surface area is 245 Å². The predicted octanol–water partition coefficient (Wildman–Crippen LogP) is 5.20. The summed E-state index contributed by atoms with van der Waals surface area (Å²) in [5.41, 5.74) is 0.941. The molecule has 0 radical (unpaired) electrons. The zero-order chi connectivity index (χ0) is 30.9. The van der Waals surface area contributed by atoms with Gasteiger partial charge in [-0.3, -0.25) is 13.9 Å². The summed E-state index contributed by atoms with van der Waals surface area (Å²) >= 11 is 0. The average molecular weight is 604 g/mol. The van der Waals surface area contributed by atoms with Gasteiger partial charge >= 0.3 is 0 Å². The van der Waals surface area contributed by atoms with Crippen molar-refractivity contribution in [2.75, 3.05) is 17.1 Å². The number of halogens is 3. The lowest BCUT2D eigenvalue weighted by Gasteiger charge is -2.32. The van der Waals surface area contributed by atoms with Crippen LogP contribution in [-0.2, 0) is 32.6 Å². The van der Waals surface area contributed by atoms with E-state index in [4.69, 9.17) is 0 Å². The highest BCUT2D eigenvalue weighted by Gasteiger charge is 2.31. The number of rotatable bonds is 14. The Kier molecular flexibility index (Phi) is 11.6. The quantitative estimate of drug-likeness (QED) is 0.274. The monoisotopic (exact) mass is 603 g/mol. The van der Waals surface area contributed by atoms with Crippen LogP contribution in [0.4, 0.5) is 18.9 Å². The molecule has 0 bridgehead atoms. The summed E-state index contributed by atoms with van der Waals surface area (Å²) in [5.74, 6) is -3.73. The van der Waals surface area contributed by atoms with Gasteiger partial charge in [0.2, 0.25) is 21.8 Å². The van der Waals surface area contributed by atoms with E-state index in [-0.39, 0.29) is 49.6 Å². The molecule has 0 heterocycles. The van der Waals surface area contributed by atoms with Crippen molar-refractivity contribution in [2.24, 2.45) is 0 Å². The Morgan fingerprint density at radius 2 is 1.57 bits per heavy atom. The van der Waals surface area contributed by atoms with E-state index in [1.165, 1.54) is 23.1 Å². The molecule has 0 aliphatic carbocycles. The maximum atomic E-state index is 14.7. The third-order valence-corrected chi connectivity index (χ3v) is 8.11. The number of hydrogen-bond acceptors (Lipinski definition) is 4. The van der Waals surface area contributed by atoms with Crippen LogP contribution in [0.2, 0.25) is 0 Å². The minimum atomic E-state index is -3.90. The SMILES string of the molecule is CC[C@@H](C)NC(=O)[C@@H](Cc1ccccc1)N(Cc1ccccc1F)C(=O)CCCN(c1ccc(F)c(F)c1)S(C)(=O)=O. The van der Waals surface area contributed by atoms with Crippen LogP contribution >= 0.6 is 0 Å². The van der Waals surface area contributed by atoms with E-state index in [0.29, 0.717) is 6.42 Å². The number of nitrogens with one attached hydrogen (secondary N) is 1. The van der Waals surface area contributed by atoms with Gasteiger partial charge in [-0.25, -0.2) is 21.6 Å². The lowest BCUT2D eigenvalue weighted by molar-refractivity contribution is -0.141. The molecule has 0 aliphatic heterocycles. The van der Waals surface area contributed by atoms with Gasteiger partial charge in [0, 0.05) is 43.6 Å². The van der Waals surface area contributed by atoms with Crippen molar-refractivity contribution in [3.63, 3.8) is 0 Å². The minimum absolute atomic E-state index is 0.00368. The molecule has 0 aromatic heterocycles. The second kappa shape index (κ2) is 14.9. The molecular formula is C31H36F3N3O4S. The average Bonchev–Trinajstić information content (AvgIpc) is 2.95. The van der Waals surface area contributed by atoms with E-state index >= 15 is 0 Å². The Bertz CT molecular complexity index is 1470. The molecule has 2 amide bonds. The molecular weight excluding hydrogens is 567 g/mol. The molecule has 226 valence electrons. The lowest BCUT2D eigenvalue weighted by atomic mass is 10.0. The van der Waals surface area contributed by atoms with Crippen LogP contribution in [0.1, 0.15) is 44.2 Å². The zero-order valence-corrected chi connectivity index (χ0v) is 24.7. The van der Waals surface area contributed by atoms with Gasteiger partial charge in [-0.15, -0.1) is 0 Å². The van der Waals surface area contributed by atoms with Crippen molar-refractivity contribution in [3.05, 3.63) is 101 Å². The lowest BCUT2D eigenvalue weighted by Crippen LogP contribution is -2.52. The maximum absolute atomic E-state index is 14.7. The molecule has 3 aromatic carbocycles. The molecule has 42 heavy (non-hydrogen) atoms. The molecule has 0 fully saturated rings. The molecule has 11 heteroatoms. The van der Waals surface area contributed by atoms with E-state index in [1.54, 1.807) is 6.07 Å². The van der Waals surface area contributed by atoms with Gasteiger partial charge in [0.05, 0.1) is 11.9 Å². The molecule has 7 nitrogen and oxygen atoms in total. The summed E-state index contributed by atoms with van der Waals surface area (Å²) in [6.07, 6.45) is 1.58. The molecule has 0 spiro atoms. The first kappa shape index (κ1) is 32.7.